The summed E-state index contributed by atoms with van der Waals surface area (Å²) in [5.74, 6) is -0.565. The molecule has 2 aromatic rings. The summed E-state index contributed by atoms with van der Waals surface area (Å²) in [6.45, 7) is 3.78. The molecular formula is C23H30N4O4. The zero-order valence-electron chi connectivity index (χ0n) is 18.0. The van der Waals surface area contributed by atoms with E-state index in [1.165, 1.54) is 0 Å². The maximum atomic E-state index is 12.3. The summed E-state index contributed by atoms with van der Waals surface area (Å²) in [5, 5.41) is 11.4. The van der Waals surface area contributed by atoms with Crippen LogP contribution in [0.1, 0.15) is 40.5 Å². The van der Waals surface area contributed by atoms with Gasteiger partial charge < -0.3 is 26.0 Å². The topological polar surface area (TPSA) is 109 Å². The third kappa shape index (κ3) is 8.47. The van der Waals surface area contributed by atoms with E-state index in [0.29, 0.717) is 36.5 Å². The van der Waals surface area contributed by atoms with Crippen molar-refractivity contribution in [2.45, 2.75) is 19.8 Å². The number of nitrogens with one attached hydrogen (secondary N) is 4. The Balaban J connectivity index is 1.82. The van der Waals surface area contributed by atoms with Crippen molar-refractivity contribution in [1.82, 2.24) is 10.6 Å². The molecule has 3 amide bonds. The van der Waals surface area contributed by atoms with Crippen LogP contribution in [0.3, 0.4) is 0 Å². The molecule has 0 heterocycles. The molecule has 0 aliphatic carbocycles. The van der Waals surface area contributed by atoms with E-state index in [0.717, 1.165) is 18.5 Å². The van der Waals surface area contributed by atoms with Crippen LogP contribution < -0.4 is 21.3 Å². The van der Waals surface area contributed by atoms with Crippen molar-refractivity contribution in [2.75, 3.05) is 44.0 Å². The molecule has 4 N–H and O–H groups in total. The molecule has 0 atom stereocenters. The van der Waals surface area contributed by atoms with Gasteiger partial charge in [0.25, 0.3) is 11.8 Å². The molecule has 0 bridgehead atoms. The quantitative estimate of drug-likeness (QED) is 0.390. The highest BCUT2D eigenvalue weighted by Gasteiger charge is 2.08. The minimum Gasteiger partial charge on any atom is -0.385 e. The van der Waals surface area contributed by atoms with E-state index in [-0.39, 0.29) is 24.3 Å². The lowest BCUT2D eigenvalue weighted by Crippen LogP contribution is -2.26. The summed E-state index contributed by atoms with van der Waals surface area (Å²) in [6, 6.07) is 13.7. The van der Waals surface area contributed by atoms with Gasteiger partial charge in [-0.2, -0.15) is 0 Å². The summed E-state index contributed by atoms with van der Waals surface area (Å²) in [6.07, 6.45) is 1.61. The Bertz CT molecular complexity index is 868. The van der Waals surface area contributed by atoms with Crippen LogP contribution in [0.25, 0.3) is 0 Å². The fourth-order valence-corrected chi connectivity index (χ4v) is 2.73. The number of rotatable bonds is 12. The summed E-state index contributed by atoms with van der Waals surface area (Å²) >= 11 is 0. The molecular weight excluding hydrogens is 396 g/mol. The van der Waals surface area contributed by atoms with E-state index in [1.807, 2.05) is 6.92 Å². The maximum Gasteiger partial charge on any atom is 0.251 e. The SMILES string of the molecule is CCCNC(=O)c1ccc(NCC(=O)Nc2cccc(C(=O)NCCCOC)c2)cc1. The third-order valence-electron chi connectivity index (χ3n) is 4.36. The first-order valence-electron chi connectivity index (χ1n) is 10.3. The fourth-order valence-electron chi connectivity index (χ4n) is 2.73. The second-order valence-electron chi connectivity index (χ2n) is 6.92. The Morgan fingerprint density at radius 1 is 0.871 bits per heavy atom. The van der Waals surface area contributed by atoms with Gasteiger partial charge in [-0.3, -0.25) is 14.4 Å². The van der Waals surface area contributed by atoms with Gasteiger partial charge in [-0.15, -0.1) is 0 Å². The lowest BCUT2D eigenvalue weighted by Gasteiger charge is -2.10. The van der Waals surface area contributed by atoms with Crippen molar-refractivity contribution >= 4 is 29.1 Å². The molecule has 0 saturated carbocycles. The number of amides is 3. The predicted octanol–water partition coefficient (Wildman–Crippen LogP) is 2.64. The maximum absolute atomic E-state index is 12.3. The number of anilines is 2. The van der Waals surface area contributed by atoms with Crippen LogP contribution in [0, 0.1) is 0 Å². The molecule has 8 heteroatoms. The summed E-state index contributed by atoms with van der Waals surface area (Å²) < 4.78 is 4.95. The first-order valence-corrected chi connectivity index (χ1v) is 10.3. The molecule has 0 spiro atoms. The van der Waals surface area contributed by atoms with Crippen LogP contribution >= 0.6 is 0 Å². The smallest absolute Gasteiger partial charge is 0.251 e. The summed E-state index contributed by atoms with van der Waals surface area (Å²) in [5.41, 5.74) is 2.31. The zero-order valence-corrected chi connectivity index (χ0v) is 18.0. The van der Waals surface area contributed by atoms with Gasteiger partial charge in [-0.05, 0) is 55.3 Å². The molecule has 0 aliphatic rings. The van der Waals surface area contributed by atoms with Gasteiger partial charge in [0, 0.05) is 49.3 Å². The van der Waals surface area contributed by atoms with E-state index in [1.54, 1.807) is 55.6 Å². The number of carbonyl (C=O) groups excluding carboxylic acids is 3. The van der Waals surface area contributed by atoms with E-state index >= 15 is 0 Å². The minimum atomic E-state index is -0.248. The lowest BCUT2D eigenvalue weighted by atomic mass is 10.2. The first-order chi connectivity index (χ1) is 15.0. The van der Waals surface area contributed by atoms with Gasteiger partial charge in [0.05, 0.1) is 6.54 Å². The minimum absolute atomic E-state index is 0.0504. The van der Waals surface area contributed by atoms with Crippen LogP contribution in [0.15, 0.2) is 48.5 Å². The summed E-state index contributed by atoms with van der Waals surface area (Å²) in [7, 11) is 1.62. The number of methoxy groups -OCH3 is 1. The van der Waals surface area contributed by atoms with Crippen LogP contribution in [0.2, 0.25) is 0 Å². The van der Waals surface area contributed by atoms with Crippen molar-refractivity contribution in [3.05, 3.63) is 59.7 Å². The highest BCUT2D eigenvalue weighted by molar-refractivity contribution is 5.98. The molecule has 2 rings (SSSR count). The van der Waals surface area contributed by atoms with Gasteiger partial charge >= 0.3 is 0 Å². The van der Waals surface area contributed by atoms with Crippen LogP contribution in [-0.2, 0) is 9.53 Å². The normalized spacial score (nSPS) is 10.3. The fraction of sp³-hybridized carbons (Fsp3) is 0.348. The monoisotopic (exact) mass is 426 g/mol. The number of benzene rings is 2. The predicted molar refractivity (Wildman–Crippen MR) is 121 cm³/mol. The van der Waals surface area contributed by atoms with Crippen LogP contribution in [0.5, 0.6) is 0 Å². The molecule has 0 saturated heterocycles. The highest BCUT2D eigenvalue weighted by atomic mass is 16.5. The van der Waals surface area contributed by atoms with E-state index in [9.17, 15) is 14.4 Å². The Kier molecular flexibility index (Phi) is 10.0. The second-order valence-corrected chi connectivity index (χ2v) is 6.92. The molecule has 2 aromatic carbocycles. The van der Waals surface area contributed by atoms with Crippen molar-refractivity contribution < 1.29 is 19.1 Å². The van der Waals surface area contributed by atoms with Crippen molar-refractivity contribution in [1.29, 1.82) is 0 Å². The number of hydrogen-bond donors (Lipinski definition) is 4. The Hall–Kier alpha value is -3.39. The van der Waals surface area contributed by atoms with Crippen LogP contribution in [-0.4, -0.2) is 51.1 Å². The highest BCUT2D eigenvalue weighted by Crippen LogP contribution is 2.12. The van der Waals surface area contributed by atoms with Gasteiger partial charge in [-0.25, -0.2) is 0 Å². The summed E-state index contributed by atoms with van der Waals surface area (Å²) in [4.78, 5) is 36.4. The van der Waals surface area contributed by atoms with E-state index in [2.05, 4.69) is 21.3 Å². The lowest BCUT2D eigenvalue weighted by molar-refractivity contribution is -0.114. The molecule has 0 radical (unpaired) electrons. The van der Waals surface area contributed by atoms with E-state index in [4.69, 9.17) is 4.74 Å². The van der Waals surface area contributed by atoms with Crippen LogP contribution in [0.4, 0.5) is 11.4 Å². The molecule has 0 unspecified atom stereocenters. The number of carbonyl (C=O) groups is 3. The van der Waals surface area contributed by atoms with Crippen molar-refractivity contribution in [3.8, 4) is 0 Å². The molecule has 0 fully saturated rings. The van der Waals surface area contributed by atoms with Gasteiger partial charge in [-0.1, -0.05) is 13.0 Å². The molecule has 166 valence electrons. The number of ether oxygens (including phenoxy) is 1. The van der Waals surface area contributed by atoms with Crippen molar-refractivity contribution in [2.24, 2.45) is 0 Å². The Morgan fingerprint density at radius 3 is 2.29 bits per heavy atom. The zero-order chi connectivity index (χ0) is 22.5. The first kappa shape index (κ1) is 23.9. The van der Waals surface area contributed by atoms with Crippen molar-refractivity contribution in [3.63, 3.8) is 0 Å². The number of hydrogen-bond acceptors (Lipinski definition) is 5. The largest absolute Gasteiger partial charge is 0.385 e. The molecule has 0 aliphatic heterocycles. The standard InChI is InChI=1S/C23H30N4O4/c1-3-12-24-22(29)17-8-10-19(11-9-17)26-16-21(28)27-20-7-4-6-18(15-20)23(30)25-13-5-14-31-2/h4,6-11,15,26H,3,5,12-14,16H2,1-2H3,(H,24,29)(H,25,30)(H,27,28). The van der Waals surface area contributed by atoms with Gasteiger partial charge in [0.1, 0.15) is 0 Å². The molecule has 8 nitrogen and oxygen atoms in total. The van der Waals surface area contributed by atoms with Gasteiger partial charge in [0.2, 0.25) is 5.91 Å². The molecule has 0 aromatic heterocycles. The average Bonchev–Trinajstić information content (AvgIpc) is 2.79. The average molecular weight is 427 g/mol. The Labute approximate surface area is 182 Å². The van der Waals surface area contributed by atoms with E-state index < -0.39 is 0 Å². The van der Waals surface area contributed by atoms with Gasteiger partial charge in [0.15, 0.2) is 0 Å². The third-order valence-corrected chi connectivity index (χ3v) is 4.36. The second kappa shape index (κ2) is 13.0. The molecule has 31 heavy (non-hydrogen) atoms. The Morgan fingerprint density at radius 2 is 1.58 bits per heavy atom.